The van der Waals surface area contributed by atoms with E-state index in [1.165, 1.54) is 0 Å². The van der Waals surface area contributed by atoms with E-state index >= 15 is 0 Å². The van der Waals surface area contributed by atoms with Gasteiger partial charge in [0.2, 0.25) is 0 Å². The minimum Gasteiger partial charge on any atom is -0.494 e. The number of benzene rings is 1. The van der Waals surface area contributed by atoms with Crippen molar-refractivity contribution in [1.82, 2.24) is 4.98 Å². The van der Waals surface area contributed by atoms with Gasteiger partial charge in [-0.05, 0) is 30.7 Å². The predicted molar refractivity (Wildman–Crippen MR) is 80.6 cm³/mol. The number of hydrogen-bond acceptors (Lipinski definition) is 3. The summed E-state index contributed by atoms with van der Waals surface area (Å²) in [5.74, 6) is 0.853. The molecule has 1 heterocycles. The van der Waals surface area contributed by atoms with Crippen LogP contribution in [0.25, 0.3) is 10.9 Å². The summed E-state index contributed by atoms with van der Waals surface area (Å²) in [5, 5.41) is 0.960. The number of hydrogen-bond donors (Lipinski definition) is 1. The molecule has 0 saturated heterocycles. The van der Waals surface area contributed by atoms with Crippen molar-refractivity contribution in [3.8, 4) is 5.75 Å². The number of pyridine rings is 1. The summed E-state index contributed by atoms with van der Waals surface area (Å²) in [7, 11) is 0. The zero-order valence-electron chi connectivity index (χ0n) is 12.2. The molecule has 1 aromatic carbocycles. The maximum absolute atomic E-state index is 6.16. The first kappa shape index (κ1) is 13.7. The topological polar surface area (TPSA) is 48.1 Å². The second-order valence-electron chi connectivity index (χ2n) is 5.87. The van der Waals surface area contributed by atoms with Gasteiger partial charge in [0, 0.05) is 22.2 Å². The molecule has 2 rings (SSSR count). The Morgan fingerprint density at radius 2 is 1.95 bits per heavy atom. The molecule has 3 heteroatoms. The molecule has 0 unspecified atom stereocenters. The first-order valence-corrected chi connectivity index (χ1v) is 6.75. The van der Waals surface area contributed by atoms with Crippen LogP contribution < -0.4 is 10.5 Å². The van der Waals surface area contributed by atoms with Crippen LogP contribution in [0, 0.1) is 0 Å². The second-order valence-corrected chi connectivity index (χ2v) is 5.87. The lowest BCUT2D eigenvalue weighted by Gasteiger charge is -2.19. The summed E-state index contributed by atoms with van der Waals surface area (Å²) in [4.78, 5) is 4.69. The van der Waals surface area contributed by atoms with Gasteiger partial charge in [0.05, 0.1) is 12.1 Å². The lowest BCUT2D eigenvalue weighted by Crippen LogP contribution is -2.14. The largest absolute Gasteiger partial charge is 0.494 e. The molecular weight excluding hydrogens is 236 g/mol. The summed E-state index contributed by atoms with van der Waals surface area (Å²) < 4.78 is 5.63. The van der Waals surface area contributed by atoms with Crippen molar-refractivity contribution in [1.29, 1.82) is 0 Å². The normalized spacial score (nSPS) is 11.8. The Morgan fingerprint density at radius 1 is 1.21 bits per heavy atom. The van der Waals surface area contributed by atoms with Crippen LogP contribution in [0.2, 0.25) is 0 Å². The molecule has 102 valence electrons. The van der Waals surface area contributed by atoms with E-state index in [0.717, 1.165) is 41.1 Å². The van der Waals surface area contributed by atoms with Gasteiger partial charge in [-0.15, -0.1) is 0 Å². The van der Waals surface area contributed by atoms with Crippen LogP contribution >= 0.6 is 0 Å². The first-order chi connectivity index (χ1) is 8.91. The van der Waals surface area contributed by atoms with Gasteiger partial charge >= 0.3 is 0 Å². The van der Waals surface area contributed by atoms with Crippen LogP contribution in [0.1, 0.15) is 39.8 Å². The number of fused-ring (bicyclic) bond motifs is 1. The number of ether oxygens (including phenoxy) is 1. The molecule has 0 atom stereocenters. The number of nitrogens with two attached hydrogens (primary N) is 1. The maximum Gasteiger partial charge on any atom is 0.120 e. The Morgan fingerprint density at radius 3 is 2.58 bits per heavy atom. The van der Waals surface area contributed by atoms with Crippen LogP contribution in [0.3, 0.4) is 0 Å². The van der Waals surface area contributed by atoms with E-state index in [9.17, 15) is 0 Å². The SMILES string of the molecule is CCCOc1ccc2nc(C(C)(C)C)cc(N)c2c1. The van der Waals surface area contributed by atoms with Crippen molar-refractivity contribution in [3.63, 3.8) is 0 Å². The van der Waals surface area contributed by atoms with Crippen LogP contribution in [0.15, 0.2) is 24.3 Å². The molecular formula is C16H22N2O. The monoisotopic (exact) mass is 258 g/mol. The van der Waals surface area contributed by atoms with E-state index in [2.05, 4.69) is 27.7 Å². The van der Waals surface area contributed by atoms with Crippen molar-refractivity contribution in [2.45, 2.75) is 39.5 Å². The zero-order valence-corrected chi connectivity index (χ0v) is 12.2. The molecule has 0 saturated carbocycles. The molecule has 19 heavy (non-hydrogen) atoms. The number of rotatable bonds is 3. The fourth-order valence-corrected chi connectivity index (χ4v) is 1.92. The van der Waals surface area contributed by atoms with E-state index < -0.39 is 0 Å². The summed E-state index contributed by atoms with van der Waals surface area (Å²) in [5.41, 5.74) is 8.85. The summed E-state index contributed by atoms with van der Waals surface area (Å²) in [6.07, 6.45) is 0.995. The third-order valence-corrected chi connectivity index (χ3v) is 3.05. The second kappa shape index (κ2) is 5.08. The van der Waals surface area contributed by atoms with Gasteiger partial charge in [0.1, 0.15) is 5.75 Å². The average molecular weight is 258 g/mol. The van der Waals surface area contributed by atoms with Gasteiger partial charge in [-0.25, -0.2) is 0 Å². The van der Waals surface area contributed by atoms with Crippen LogP contribution in [-0.2, 0) is 5.41 Å². The van der Waals surface area contributed by atoms with Gasteiger partial charge in [-0.3, -0.25) is 4.98 Å². The number of nitrogen functional groups attached to an aromatic ring is 1. The third-order valence-electron chi connectivity index (χ3n) is 3.05. The van der Waals surface area contributed by atoms with E-state index in [1.807, 2.05) is 24.3 Å². The third kappa shape index (κ3) is 2.98. The Hall–Kier alpha value is -1.77. The molecule has 0 radical (unpaired) electrons. The molecule has 0 aliphatic rings. The molecule has 0 aliphatic heterocycles. The van der Waals surface area contributed by atoms with Gasteiger partial charge in [-0.2, -0.15) is 0 Å². The highest BCUT2D eigenvalue weighted by Gasteiger charge is 2.17. The van der Waals surface area contributed by atoms with Crippen molar-refractivity contribution in [2.24, 2.45) is 0 Å². The fourth-order valence-electron chi connectivity index (χ4n) is 1.92. The van der Waals surface area contributed by atoms with Crippen molar-refractivity contribution >= 4 is 16.6 Å². The molecule has 1 aromatic heterocycles. The molecule has 0 fully saturated rings. The minimum atomic E-state index is -0.000306. The summed E-state index contributed by atoms with van der Waals surface area (Å²) in [6, 6.07) is 7.87. The highest BCUT2D eigenvalue weighted by molar-refractivity contribution is 5.91. The fraction of sp³-hybridized carbons (Fsp3) is 0.438. The molecule has 2 aromatic rings. The molecule has 3 nitrogen and oxygen atoms in total. The number of anilines is 1. The van der Waals surface area contributed by atoms with Crippen LogP contribution in [0.5, 0.6) is 5.75 Å². The number of aromatic nitrogens is 1. The van der Waals surface area contributed by atoms with Crippen molar-refractivity contribution in [2.75, 3.05) is 12.3 Å². The van der Waals surface area contributed by atoms with E-state index in [4.69, 9.17) is 15.5 Å². The lowest BCUT2D eigenvalue weighted by atomic mass is 9.91. The van der Waals surface area contributed by atoms with Crippen molar-refractivity contribution < 1.29 is 4.74 Å². The van der Waals surface area contributed by atoms with Gasteiger partial charge in [-0.1, -0.05) is 27.7 Å². The van der Waals surface area contributed by atoms with Gasteiger partial charge in [0.25, 0.3) is 0 Å². The standard InChI is InChI=1S/C16H22N2O/c1-5-8-19-11-6-7-14-12(9-11)13(17)10-15(18-14)16(2,3)4/h6-7,9-10H,5,8H2,1-4H3,(H2,17,18). The molecule has 2 N–H and O–H groups in total. The predicted octanol–water partition coefficient (Wildman–Crippen LogP) is 3.90. The smallest absolute Gasteiger partial charge is 0.120 e. The van der Waals surface area contributed by atoms with Crippen LogP contribution in [0.4, 0.5) is 5.69 Å². The number of nitrogens with zero attached hydrogens (tertiary/aromatic N) is 1. The van der Waals surface area contributed by atoms with Crippen molar-refractivity contribution in [3.05, 3.63) is 30.0 Å². The molecule has 0 aliphatic carbocycles. The highest BCUT2D eigenvalue weighted by Crippen LogP contribution is 2.29. The minimum absolute atomic E-state index is 0.000306. The van der Waals surface area contributed by atoms with Gasteiger partial charge < -0.3 is 10.5 Å². The molecule has 0 amide bonds. The molecule has 0 bridgehead atoms. The zero-order chi connectivity index (χ0) is 14.0. The summed E-state index contributed by atoms with van der Waals surface area (Å²) in [6.45, 7) is 9.23. The van der Waals surface area contributed by atoms with E-state index in [0.29, 0.717) is 0 Å². The van der Waals surface area contributed by atoms with Crippen LogP contribution in [-0.4, -0.2) is 11.6 Å². The Labute approximate surface area is 114 Å². The Balaban J connectivity index is 2.48. The van der Waals surface area contributed by atoms with Gasteiger partial charge in [0.15, 0.2) is 0 Å². The Kier molecular flexibility index (Phi) is 3.65. The van der Waals surface area contributed by atoms with E-state index in [-0.39, 0.29) is 5.41 Å². The quantitative estimate of drug-likeness (QED) is 0.908. The first-order valence-electron chi connectivity index (χ1n) is 6.75. The highest BCUT2D eigenvalue weighted by atomic mass is 16.5. The maximum atomic E-state index is 6.16. The summed E-state index contributed by atoms with van der Waals surface area (Å²) >= 11 is 0. The molecule has 0 spiro atoms. The Bertz CT molecular complexity index is 585. The lowest BCUT2D eigenvalue weighted by molar-refractivity contribution is 0.318. The van der Waals surface area contributed by atoms with E-state index in [1.54, 1.807) is 0 Å². The average Bonchev–Trinajstić information content (AvgIpc) is 2.35.